The van der Waals surface area contributed by atoms with Crippen molar-refractivity contribution in [2.75, 3.05) is 46.6 Å². The normalized spacial score (nSPS) is 13.0. The zero-order valence-corrected chi connectivity index (χ0v) is 17.6. The third-order valence-corrected chi connectivity index (χ3v) is 4.54. The summed E-state index contributed by atoms with van der Waals surface area (Å²) < 4.78 is 29.7. The first-order valence-corrected chi connectivity index (χ1v) is 8.96. The van der Waals surface area contributed by atoms with Gasteiger partial charge in [0.1, 0.15) is 0 Å². The fourth-order valence-corrected chi connectivity index (χ4v) is 2.54. The summed E-state index contributed by atoms with van der Waals surface area (Å²) in [5, 5.41) is 6.33. The van der Waals surface area contributed by atoms with Crippen molar-refractivity contribution in [3.8, 4) is 0 Å². The minimum absolute atomic E-state index is 0. The van der Waals surface area contributed by atoms with Gasteiger partial charge in [0.05, 0.1) is 11.9 Å². The van der Waals surface area contributed by atoms with Crippen molar-refractivity contribution in [2.24, 2.45) is 4.99 Å². The van der Waals surface area contributed by atoms with E-state index in [0.717, 1.165) is 6.42 Å². The molecule has 0 aromatic carbocycles. The Morgan fingerprint density at radius 1 is 1.32 bits per heavy atom. The van der Waals surface area contributed by atoms with Crippen molar-refractivity contribution in [1.29, 1.82) is 0 Å². The number of hydrogen-bond acceptors (Lipinski definition) is 4. The highest BCUT2D eigenvalue weighted by Crippen LogP contribution is 2.04. The highest BCUT2D eigenvalue weighted by Gasteiger charge is 2.16. The first-order chi connectivity index (χ1) is 9.66. The topological polar surface area (TPSA) is 83.0 Å². The van der Waals surface area contributed by atoms with Crippen molar-refractivity contribution in [3.05, 3.63) is 0 Å². The quantitative estimate of drug-likeness (QED) is 0.236. The van der Waals surface area contributed by atoms with Crippen LogP contribution in [-0.4, -0.2) is 70.9 Å². The van der Waals surface area contributed by atoms with Gasteiger partial charge in [0.15, 0.2) is 5.96 Å². The van der Waals surface area contributed by atoms with E-state index in [1.807, 2.05) is 20.8 Å². The van der Waals surface area contributed by atoms with Crippen molar-refractivity contribution in [3.63, 3.8) is 0 Å². The fraction of sp³-hybridized carbons (Fsp3) is 0.923. The van der Waals surface area contributed by atoms with E-state index in [4.69, 9.17) is 4.74 Å². The second-order valence-electron chi connectivity index (χ2n) is 5.42. The molecule has 0 aliphatic rings. The summed E-state index contributed by atoms with van der Waals surface area (Å²) in [6, 6.07) is 0. The standard InChI is InChI=1S/C13H30N4O3S.HI/c1-7-17(21(6,18)19)10-8-9-15-12(14-4)16-11-13(2,3)20-5;/h7-11H2,1-6H3,(H2,14,15,16);1H. The molecule has 134 valence electrons. The van der Waals surface area contributed by atoms with E-state index in [-0.39, 0.29) is 29.6 Å². The number of nitrogens with zero attached hydrogens (tertiary/aromatic N) is 2. The van der Waals surface area contributed by atoms with Gasteiger partial charge >= 0.3 is 0 Å². The molecule has 0 radical (unpaired) electrons. The molecule has 0 saturated heterocycles. The van der Waals surface area contributed by atoms with Crippen LogP contribution in [0.15, 0.2) is 4.99 Å². The fourth-order valence-electron chi connectivity index (χ4n) is 1.61. The molecule has 0 aromatic rings. The van der Waals surface area contributed by atoms with Gasteiger partial charge in [0.25, 0.3) is 0 Å². The summed E-state index contributed by atoms with van der Waals surface area (Å²) in [5.41, 5.74) is -0.271. The number of methoxy groups -OCH3 is 1. The molecule has 0 heterocycles. The molecule has 0 aliphatic heterocycles. The molecule has 0 saturated carbocycles. The summed E-state index contributed by atoms with van der Waals surface area (Å²) in [5.74, 6) is 0.683. The van der Waals surface area contributed by atoms with Crippen LogP contribution in [0.1, 0.15) is 27.2 Å². The SMILES string of the molecule is CCN(CCCNC(=NC)NCC(C)(C)OC)S(C)(=O)=O.I. The van der Waals surface area contributed by atoms with E-state index >= 15 is 0 Å². The van der Waals surface area contributed by atoms with Crippen molar-refractivity contribution in [1.82, 2.24) is 14.9 Å². The molecule has 0 rings (SSSR count). The third kappa shape index (κ3) is 10.6. The van der Waals surface area contributed by atoms with E-state index in [1.54, 1.807) is 14.2 Å². The molecule has 0 fully saturated rings. The van der Waals surface area contributed by atoms with Gasteiger partial charge in [-0.3, -0.25) is 4.99 Å². The highest BCUT2D eigenvalue weighted by molar-refractivity contribution is 14.0. The molecule has 0 atom stereocenters. The number of rotatable bonds is 9. The van der Waals surface area contributed by atoms with E-state index in [1.165, 1.54) is 10.6 Å². The minimum atomic E-state index is -3.11. The lowest BCUT2D eigenvalue weighted by molar-refractivity contribution is 0.0268. The summed E-state index contributed by atoms with van der Waals surface area (Å²) in [6.45, 7) is 8.09. The van der Waals surface area contributed by atoms with E-state index in [0.29, 0.717) is 32.1 Å². The molecule has 0 aliphatic carbocycles. The lowest BCUT2D eigenvalue weighted by atomic mass is 10.1. The number of guanidine groups is 1. The molecule has 0 bridgehead atoms. The number of sulfonamides is 1. The molecule has 9 heteroatoms. The van der Waals surface area contributed by atoms with Crippen LogP contribution in [-0.2, 0) is 14.8 Å². The van der Waals surface area contributed by atoms with Gasteiger partial charge in [0, 0.05) is 40.3 Å². The molecule has 0 amide bonds. The molecule has 0 unspecified atom stereocenters. The van der Waals surface area contributed by atoms with Gasteiger partial charge in [-0.2, -0.15) is 0 Å². The first-order valence-electron chi connectivity index (χ1n) is 7.11. The monoisotopic (exact) mass is 450 g/mol. The Labute approximate surface area is 152 Å². The molecular weight excluding hydrogens is 419 g/mol. The van der Waals surface area contributed by atoms with Crippen LogP contribution in [0.2, 0.25) is 0 Å². The van der Waals surface area contributed by atoms with E-state index in [2.05, 4.69) is 15.6 Å². The predicted octanol–water partition coefficient (Wildman–Crippen LogP) is 0.866. The number of aliphatic imine (C=N–C) groups is 1. The Hall–Kier alpha value is -0.130. The number of ether oxygens (including phenoxy) is 1. The minimum Gasteiger partial charge on any atom is -0.377 e. The molecular formula is C13H31IN4O3S. The van der Waals surface area contributed by atoms with Crippen LogP contribution < -0.4 is 10.6 Å². The maximum Gasteiger partial charge on any atom is 0.211 e. The van der Waals surface area contributed by atoms with E-state index in [9.17, 15) is 8.42 Å². The predicted molar refractivity (Wildman–Crippen MR) is 103 cm³/mol. The lowest BCUT2D eigenvalue weighted by Crippen LogP contribution is -2.45. The van der Waals surface area contributed by atoms with Crippen LogP contribution in [0.5, 0.6) is 0 Å². The number of hydrogen-bond donors (Lipinski definition) is 2. The molecule has 0 spiro atoms. The second-order valence-corrected chi connectivity index (χ2v) is 7.41. The lowest BCUT2D eigenvalue weighted by Gasteiger charge is -2.24. The van der Waals surface area contributed by atoms with Crippen LogP contribution >= 0.6 is 24.0 Å². The average molecular weight is 450 g/mol. The van der Waals surface area contributed by atoms with Gasteiger partial charge in [0.2, 0.25) is 10.0 Å². The Bertz CT molecular complexity index is 427. The van der Waals surface area contributed by atoms with Crippen LogP contribution in [0, 0.1) is 0 Å². The van der Waals surface area contributed by atoms with Crippen molar-refractivity contribution >= 4 is 40.0 Å². The highest BCUT2D eigenvalue weighted by atomic mass is 127. The Morgan fingerprint density at radius 3 is 2.32 bits per heavy atom. The van der Waals surface area contributed by atoms with Crippen molar-refractivity contribution in [2.45, 2.75) is 32.8 Å². The second kappa shape index (κ2) is 11.4. The van der Waals surface area contributed by atoms with Gasteiger partial charge < -0.3 is 15.4 Å². The Kier molecular flexibility index (Phi) is 12.5. The zero-order chi connectivity index (χ0) is 16.5. The summed E-state index contributed by atoms with van der Waals surface area (Å²) in [4.78, 5) is 4.12. The van der Waals surface area contributed by atoms with Gasteiger partial charge in [-0.05, 0) is 20.3 Å². The molecule has 7 nitrogen and oxygen atoms in total. The van der Waals surface area contributed by atoms with Crippen molar-refractivity contribution < 1.29 is 13.2 Å². The Balaban J connectivity index is 0. The van der Waals surface area contributed by atoms with Crippen LogP contribution in [0.25, 0.3) is 0 Å². The molecule has 2 N–H and O–H groups in total. The van der Waals surface area contributed by atoms with Gasteiger partial charge in [-0.1, -0.05) is 6.92 Å². The maximum absolute atomic E-state index is 11.4. The molecule has 0 aromatic heterocycles. The average Bonchev–Trinajstić information content (AvgIpc) is 2.40. The maximum atomic E-state index is 11.4. The Morgan fingerprint density at radius 2 is 1.91 bits per heavy atom. The van der Waals surface area contributed by atoms with Gasteiger partial charge in [-0.25, -0.2) is 12.7 Å². The summed E-state index contributed by atoms with van der Waals surface area (Å²) in [7, 11) is 0.256. The number of halogens is 1. The molecule has 22 heavy (non-hydrogen) atoms. The first kappa shape index (κ1) is 24.1. The smallest absolute Gasteiger partial charge is 0.211 e. The van der Waals surface area contributed by atoms with Crippen LogP contribution in [0.3, 0.4) is 0 Å². The third-order valence-electron chi connectivity index (χ3n) is 3.16. The number of nitrogens with one attached hydrogen (secondary N) is 2. The zero-order valence-electron chi connectivity index (χ0n) is 14.5. The van der Waals surface area contributed by atoms with Crippen LogP contribution in [0.4, 0.5) is 0 Å². The van der Waals surface area contributed by atoms with E-state index < -0.39 is 10.0 Å². The largest absolute Gasteiger partial charge is 0.377 e. The van der Waals surface area contributed by atoms with Gasteiger partial charge in [-0.15, -0.1) is 24.0 Å². The summed E-state index contributed by atoms with van der Waals surface area (Å²) in [6.07, 6.45) is 1.95. The summed E-state index contributed by atoms with van der Waals surface area (Å²) >= 11 is 0.